The second kappa shape index (κ2) is 15.9. The number of hydrogen-bond donors (Lipinski definition) is 3. The lowest BCUT2D eigenvalue weighted by Crippen LogP contribution is -2.65. The summed E-state index contributed by atoms with van der Waals surface area (Å²) in [6.07, 6.45) is 3.15. The van der Waals surface area contributed by atoms with E-state index in [2.05, 4.69) is 90.0 Å². The summed E-state index contributed by atoms with van der Waals surface area (Å²) in [5.41, 5.74) is 17.2. The van der Waals surface area contributed by atoms with Gasteiger partial charge in [-0.15, -0.1) is 10.2 Å². The van der Waals surface area contributed by atoms with Crippen LogP contribution in [0.15, 0.2) is 90.4 Å². The van der Waals surface area contributed by atoms with E-state index in [1.807, 2.05) is 34.1 Å². The Kier molecular flexibility index (Phi) is 11.2. The molecule has 0 saturated carbocycles. The van der Waals surface area contributed by atoms with Crippen molar-refractivity contribution in [3.05, 3.63) is 102 Å². The number of aromatic nitrogens is 2. The van der Waals surface area contributed by atoms with Crippen molar-refractivity contribution in [1.29, 1.82) is 0 Å². The monoisotopic (exact) mass is 677 g/mol. The molecule has 1 fully saturated rings. The zero-order valence-corrected chi connectivity index (χ0v) is 29.2. The lowest BCUT2D eigenvalue weighted by Gasteiger charge is -2.48. The predicted octanol–water partition coefficient (Wildman–Crippen LogP) is 5.63. The maximum atomic E-state index is 14.2. The van der Waals surface area contributed by atoms with E-state index in [1.165, 1.54) is 11.3 Å². The molecule has 5 N–H and O–H groups in total. The summed E-state index contributed by atoms with van der Waals surface area (Å²) in [5, 5.41) is 16.6. The van der Waals surface area contributed by atoms with Gasteiger partial charge in [-0.1, -0.05) is 110 Å². The van der Waals surface area contributed by atoms with E-state index in [0.717, 1.165) is 50.6 Å². The third-order valence-corrected chi connectivity index (χ3v) is 10.2. The van der Waals surface area contributed by atoms with Gasteiger partial charge in [0.05, 0.1) is 12.1 Å². The number of piperazine rings is 1. The van der Waals surface area contributed by atoms with Gasteiger partial charge in [-0.05, 0) is 70.7 Å². The molecule has 2 amide bonds. The Labute approximate surface area is 292 Å². The summed E-state index contributed by atoms with van der Waals surface area (Å²) in [6, 6.07) is 27.2. The number of carbonyl (C=O) groups excluding carboxylic acids is 2. The molecule has 256 valence electrons. The molecule has 0 spiro atoms. The van der Waals surface area contributed by atoms with Crippen LogP contribution in [0.3, 0.4) is 0 Å². The number of nitrogens with one attached hydrogen (secondary N) is 1. The van der Waals surface area contributed by atoms with Gasteiger partial charge in [-0.25, -0.2) is 0 Å². The smallest absolute Gasteiger partial charge is 0.240 e. The third-order valence-electron chi connectivity index (χ3n) is 9.53. The maximum Gasteiger partial charge on any atom is 0.240 e. The summed E-state index contributed by atoms with van der Waals surface area (Å²) < 4.78 is 0. The summed E-state index contributed by atoms with van der Waals surface area (Å²) in [6.45, 7) is 5.85. The van der Waals surface area contributed by atoms with Crippen molar-refractivity contribution in [3.8, 4) is 0 Å². The Hall–Kier alpha value is -4.38. The summed E-state index contributed by atoms with van der Waals surface area (Å²) in [5.74, 6) is 0.188. The first-order chi connectivity index (χ1) is 23.7. The molecule has 6 rings (SSSR count). The van der Waals surface area contributed by atoms with Crippen LogP contribution in [0.2, 0.25) is 0 Å². The van der Waals surface area contributed by atoms with Gasteiger partial charge >= 0.3 is 0 Å². The van der Waals surface area contributed by atoms with Crippen molar-refractivity contribution in [2.24, 2.45) is 17.4 Å². The lowest BCUT2D eigenvalue weighted by molar-refractivity contribution is -0.149. The largest absolute Gasteiger partial charge is 0.360 e. The molecule has 4 atom stereocenters. The molecular weight excluding hydrogens is 631 g/mol. The van der Waals surface area contributed by atoms with Gasteiger partial charge in [-0.3, -0.25) is 9.59 Å². The Bertz CT molecular complexity index is 1860. The molecule has 10 heteroatoms. The third kappa shape index (κ3) is 8.62. The SMILES string of the molecule is CC(C)C[C@@H]1CN(C(=O)C(N)Cc2ccc3ccccc3c2)[C@@H](CCCNc2nncs2)CN1C(=O)C(N)Cc1ccc2ccccc2c1. The molecule has 5 aromatic rings. The summed E-state index contributed by atoms with van der Waals surface area (Å²) >= 11 is 1.45. The highest BCUT2D eigenvalue weighted by atomic mass is 32.1. The number of nitrogens with two attached hydrogens (primary N) is 2. The van der Waals surface area contributed by atoms with Gasteiger partial charge < -0.3 is 26.6 Å². The Morgan fingerprint density at radius 1 is 0.796 bits per heavy atom. The van der Waals surface area contributed by atoms with E-state index in [-0.39, 0.29) is 23.9 Å². The molecule has 1 aliphatic rings. The van der Waals surface area contributed by atoms with Crippen LogP contribution in [-0.4, -0.2) is 75.6 Å². The van der Waals surface area contributed by atoms with Crippen molar-refractivity contribution in [1.82, 2.24) is 20.0 Å². The molecule has 0 bridgehead atoms. The molecule has 1 aromatic heterocycles. The molecule has 1 saturated heterocycles. The molecule has 0 radical (unpaired) electrons. The Morgan fingerprint density at radius 2 is 1.33 bits per heavy atom. The number of benzene rings is 4. The van der Waals surface area contributed by atoms with E-state index in [1.54, 1.807) is 5.51 Å². The van der Waals surface area contributed by atoms with Gasteiger partial charge in [0.1, 0.15) is 5.51 Å². The number of carbonyl (C=O) groups is 2. The minimum Gasteiger partial charge on any atom is -0.360 e. The first-order valence-electron chi connectivity index (χ1n) is 17.3. The highest BCUT2D eigenvalue weighted by Gasteiger charge is 2.40. The van der Waals surface area contributed by atoms with Crippen molar-refractivity contribution in [2.75, 3.05) is 25.0 Å². The van der Waals surface area contributed by atoms with Crippen molar-refractivity contribution < 1.29 is 9.59 Å². The molecule has 2 unspecified atom stereocenters. The molecule has 9 nitrogen and oxygen atoms in total. The van der Waals surface area contributed by atoms with Gasteiger partial charge in [0.2, 0.25) is 16.9 Å². The van der Waals surface area contributed by atoms with Crippen LogP contribution in [0.1, 0.15) is 44.2 Å². The van der Waals surface area contributed by atoms with Gasteiger partial charge in [-0.2, -0.15) is 0 Å². The van der Waals surface area contributed by atoms with Crippen LogP contribution in [0.5, 0.6) is 0 Å². The number of rotatable bonds is 13. The highest BCUT2D eigenvalue weighted by Crippen LogP contribution is 2.27. The fraction of sp³-hybridized carbons (Fsp3) is 0.385. The first kappa shape index (κ1) is 34.5. The van der Waals surface area contributed by atoms with Crippen LogP contribution in [0.4, 0.5) is 5.13 Å². The van der Waals surface area contributed by atoms with E-state index in [9.17, 15) is 9.59 Å². The first-order valence-corrected chi connectivity index (χ1v) is 18.2. The van der Waals surface area contributed by atoms with Crippen LogP contribution in [-0.2, 0) is 22.4 Å². The second-order valence-corrected chi connectivity index (χ2v) is 14.5. The lowest BCUT2D eigenvalue weighted by atomic mass is 9.93. The summed E-state index contributed by atoms with van der Waals surface area (Å²) in [7, 11) is 0. The number of nitrogens with zero attached hydrogens (tertiary/aromatic N) is 4. The van der Waals surface area contributed by atoms with E-state index >= 15 is 0 Å². The van der Waals surface area contributed by atoms with Gasteiger partial charge in [0, 0.05) is 31.7 Å². The van der Waals surface area contributed by atoms with E-state index in [0.29, 0.717) is 44.8 Å². The Morgan fingerprint density at radius 3 is 1.86 bits per heavy atom. The van der Waals surface area contributed by atoms with Crippen molar-refractivity contribution in [3.63, 3.8) is 0 Å². The van der Waals surface area contributed by atoms with Crippen molar-refractivity contribution >= 4 is 49.8 Å². The van der Waals surface area contributed by atoms with E-state index in [4.69, 9.17) is 11.5 Å². The van der Waals surface area contributed by atoms with Gasteiger partial charge in [0.25, 0.3) is 0 Å². The fourth-order valence-corrected chi connectivity index (χ4v) is 7.58. The fourth-order valence-electron chi connectivity index (χ4n) is 7.11. The molecule has 0 aliphatic carbocycles. The van der Waals surface area contributed by atoms with Crippen molar-refractivity contribution in [2.45, 2.75) is 70.1 Å². The average Bonchev–Trinajstić information content (AvgIpc) is 3.63. The number of hydrogen-bond acceptors (Lipinski definition) is 8. The molecular formula is C39H47N7O2S. The normalized spacial score (nSPS) is 17.8. The summed E-state index contributed by atoms with van der Waals surface area (Å²) in [4.78, 5) is 32.3. The number of fused-ring (bicyclic) bond motifs is 2. The average molecular weight is 678 g/mol. The second-order valence-electron chi connectivity index (χ2n) is 13.7. The quantitative estimate of drug-likeness (QED) is 0.138. The standard InChI is InChI=1S/C39H47N7O2S/c1-26(2)18-34-24-45(37(47)35(40)21-27-13-15-29-8-3-5-10-31(29)19-27)33(12-7-17-42-39-44-43-25-49-39)23-46(34)38(48)36(41)22-28-14-16-30-9-4-6-11-32(30)20-28/h3-6,8-11,13-16,19-20,25-26,33-36H,7,12,17-18,21-24,40-41H2,1-2H3,(H,42,44)/t33-,34+,35?,36?/m0/s1. The molecule has 4 aromatic carbocycles. The molecule has 2 heterocycles. The maximum absolute atomic E-state index is 14.2. The van der Waals surface area contributed by atoms with Crippen LogP contribution >= 0.6 is 11.3 Å². The molecule has 1 aliphatic heterocycles. The minimum absolute atomic E-state index is 0.0663. The minimum atomic E-state index is -0.694. The van der Waals surface area contributed by atoms with Gasteiger partial charge in [0.15, 0.2) is 0 Å². The highest BCUT2D eigenvalue weighted by molar-refractivity contribution is 7.13. The molecule has 49 heavy (non-hydrogen) atoms. The van der Waals surface area contributed by atoms with Crippen LogP contribution in [0, 0.1) is 5.92 Å². The zero-order valence-electron chi connectivity index (χ0n) is 28.4. The topological polar surface area (TPSA) is 130 Å². The number of amides is 2. The number of anilines is 1. The van der Waals surface area contributed by atoms with Crippen LogP contribution < -0.4 is 16.8 Å². The van der Waals surface area contributed by atoms with Crippen LogP contribution in [0.25, 0.3) is 21.5 Å². The Balaban J connectivity index is 1.20. The predicted molar refractivity (Wildman–Crippen MR) is 199 cm³/mol. The zero-order chi connectivity index (χ0) is 34.3. The van der Waals surface area contributed by atoms with E-state index < -0.39 is 12.1 Å².